The van der Waals surface area contributed by atoms with Crippen LogP contribution in [-0.2, 0) is 21.2 Å². The molecule has 1 aromatic rings. The number of carbonyl (C=O) groups is 1. The zero-order chi connectivity index (χ0) is 16.6. The van der Waals surface area contributed by atoms with Crippen LogP contribution in [0.15, 0.2) is 23.1 Å². The first kappa shape index (κ1) is 16.5. The maximum atomic E-state index is 12.6. The number of carbonyl (C=O) groups excluding carboxylic acids is 1. The van der Waals surface area contributed by atoms with Crippen LogP contribution in [0.2, 0.25) is 0 Å². The zero-order valence-electron chi connectivity index (χ0n) is 13.7. The Morgan fingerprint density at radius 3 is 2.57 bits per heavy atom. The molecule has 1 fully saturated rings. The van der Waals surface area contributed by atoms with E-state index in [2.05, 4.69) is 4.72 Å². The van der Waals surface area contributed by atoms with E-state index >= 15 is 0 Å². The van der Waals surface area contributed by atoms with Crippen molar-refractivity contribution in [1.29, 1.82) is 0 Å². The normalized spacial score (nSPS) is 22.2. The van der Waals surface area contributed by atoms with E-state index in [4.69, 9.17) is 0 Å². The molecule has 1 aliphatic heterocycles. The molecule has 1 saturated carbocycles. The van der Waals surface area contributed by atoms with E-state index in [0.29, 0.717) is 11.3 Å². The summed E-state index contributed by atoms with van der Waals surface area (Å²) in [6.45, 7) is 3.52. The third kappa shape index (κ3) is 3.28. The van der Waals surface area contributed by atoms with E-state index in [1.807, 2.05) is 6.92 Å². The van der Waals surface area contributed by atoms with Crippen LogP contribution in [0.5, 0.6) is 0 Å². The lowest BCUT2D eigenvalue weighted by molar-refractivity contribution is -0.116. The van der Waals surface area contributed by atoms with Crippen molar-refractivity contribution in [2.24, 2.45) is 0 Å². The van der Waals surface area contributed by atoms with Gasteiger partial charge in [-0.2, -0.15) is 0 Å². The molecule has 0 unspecified atom stereocenters. The number of fused-ring (bicyclic) bond motifs is 1. The summed E-state index contributed by atoms with van der Waals surface area (Å²) >= 11 is 0. The fourth-order valence-corrected chi connectivity index (χ4v) is 5.12. The van der Waals surface area contributed by atoms with Gasteiger partial charge in [0, 0.05) is 24.7 Å². The Labute approximate surface area is 138 Å². The number of rotatable bonds is 3. The predicted octanol–water partition coefficient (Wildman–Crippen LogP) is 2.60. The molecule has 1 aliphatic carbocycles. The minimum absolute atomic E-state index is 0.00723. The van der Waals surface area contributed by atoms with Gasteiger partial charge in [0.05, 0.1) is 4.90 Å². The fourth-order valence-electron chi connectivity index (χ4n) is 3.76. The number of anilines is 1. The summed E-state index contributed by atoms with van der Waals surface area (Å²) in [5.74, 6) is -0.00723. The van der Waals surface area contributed by atoms with Crippen molar-refractivity contribution in [2.75, 3.05) is 4.90 Å². The standard InChI is InChI=1S/C17H24N2O3S/c1-12-10-14-11-16(8-9-17(14)19(12)13(2)20)23(21,22)18-15-6-4-3-5-7-15/h8-9,11-12,15,18H,3-7,10H2,1-2H3/t12-/m0/s1. The van der Waals surface area contributed by atoms with Gasteiger partial charge >= 0.3 is 0 Å². The van der Waals surface area contributed by atoms with E-state index in [1.165, 1.54) is 6.42 Å². The van der Waals surface area contributed by atoms with Gasteiger partial charge in [0.25, 0.3) is 0 Å². The van der Waals surface area contributed by atoms with Crippen molar-refractivity contribution < 1.29 is 13.2 Å². The van der Waals surface area contributed by atoms with Crippen LogP contribution < -0.4 is 9.62 Å². The van der Waals surface area contributed by atoms with E-state index in [-0.39, 0.29) is 18.0 Å². The number of nitrogens with zero attached hydrogens (tertiary/aromatic N) is 1. The van der Waals surface area contributed by atoms with Gasteiger partial charge in [-0.3, -0.25) is 4.79 Å². The Kier molecular flexibility index (Phi) is 4.47. The summed E-state index contributed by atoms with van der Waals surface area (Å²) in [7, 11) is -3.49. The zero-order valence-corrected chi connectivity index (χ0v) is 14.5. The molecule has 1 aromatic carbocycles. The second kappa shape index (κ2) is 6.24. The van der Waals surface area contributed by atoms with Crippen molar-refractivity contribution in [3.8, 4) is 0 Å². The highest BCUT2D eigenvalue weighted by molar-refractivity contribution is 7.89. The van der Waals surface area contributed by atoms with Gasteiger partial charge in [0.2, 0.25) is 15.9 Å². The van der Waals surface area contributed by atoms with Crippen LogP contribution in [0.4, 0.5) is 5.69 Å². The molecule has 0 saturated heterocycles. The Hall–Kier alpha value is -1.40. The molecule has 5 nitrogen and oxygen atoms in total. The molecule has 3 rings (SSSR count). The van der Waals surface area contributed by atoms with Gasteiger partial charge in [-0.1, -0.05) is 19.3 Å². The molecule has 1 N–H and O–H groups in total. The molecule has 23 heavy (non-hydrogen) atoms. The van der Waals surface area contributed by atoms with Gasteiger partial charge in [0.1, 0.15) is 0 Å². The molecule has 1 atom stereocenters. The van der Waals surface area contributed by atoms with Gasteiger partial charge in [-0.15, -0.1) is 0 Å². The van der Waals surface area contributed by atoms with Crippen molar-refractivity contribution >= 4 is 21.6 Å². The van der Waals surface area contributed by atoms with E-state index < -0.39 is 10.0 Å². The van der Waals surface area contributed by atoms with Crippen molar-refractivity contribution in [1.82, 2.24) is 4.72 Å². The fraction of sp³-hybridized carbons (Fsp3) is 0.588. The summed E-state index contributed by atoms with van der Waals surface area (Å²) in [5.41, 5.74) is 1.76. The predicted molar refractivity (Wildman–Crippen MR) is 90.0 cm³/mol. The van der Waals surface area contributed by atoms with Crippen LogP contribution >= 0.6 is 0 Å². The first-order valence-electron chi connectivity index (χ1n) is 8.33. The minimum atomic E-state index is -3.49. The molecular formula is C17H24N2O3S. The molecular weight excluding hydrogens is 312 g/mol. The third-order valence-electron chi connectivity index (χ3n) is 4.84. The molecule has 0 spiro atoms. The van der Waals surface area contributed by atoms with Gasteiger partial charge in [-0.05, 0) is 49.9 Å². The lowest BCUT2D eigenvalue weighted by Crippen LogP contribution is -2.36. The Balaban J connectivity index is 1.84. The average molecular weight is 336 g/mol. The van der Waals surface area contributed by atoms with Crippen LogP contribution in [-0.4, -0.2) is 26.4 Å². The molecule has 0 radical (unpaired) electrons. The lowest BCUT2D eigenvalue weighted by Gasteiger charge is -2.23. The summed E-state index contributed by atoms with van der Waals surface area (Å²) in [5, 5.41) is 0. The SMILES string of the molecule is CC(=O)N1c2ccc(S(=O)(=O)NC3CCCCC3)cc2C[C@@H]1C. The number of benzene rings is 1. The molecule has 0 aromatic heterocycles. The Bertz CT molecular complexity index is 709. The molecule has 126 valence electrons. The largest absolute Gasteiger partial charge is 0.309 e. The van der Waals surface area contributed by atoms with Gasteiger partial charge in [0.15, 0.2) is 0 Å². The van der Waals surface area contributed by atoms with E-state index in [0.717, 1.165) is 36.9 Å². The molecule has 0 bridgehead atoms. The van der Waals surface area contributed by atoms with Crippen molar-refractivity contribution in [3.63, 3.8) is 0 Å². The van der Waals surface area contributed by atoms with E-state index in [9.17, 15) is 13.2 Å². The molecule has 1 amide bonds. The second-order valence-electron chi connectivity index (χ2n) is 6.69. The van der Waals surface area contributed by atoms with Crippen molar-refractivity contribution in [2.45, 2.75) is 69.4 Å². The summed E-state index contributed by atoms with van der Waals surface area (Å²) in [6, 6.07) is 5.22. The van der Waals surface area contributed by atoms with Crippen LogP contribution in [0.25, 0.3) is 0 Å². The first-order chi connectivity index (χ1) is 10.9. The topological polar surface area (TPSA) is 66.5 Å². The average Bonchev–Trinajstić information content (AvgIpc) is 2.82. The maximum absolute atomic E-state index is 12.6. The van der Waals surface area contributed by atoms with Crippen LogP contribution in [0.3, 0.4) is 0 Å². The monoisotopic (exact) mass is 336 g/mol. The second-order valence-corrected chi connectivity index (χ2v) is 8.40. The van der Waals surface area contributed by atoms with Crippen LogP contribution in [0.1, 0.15) is 51.5 Å². The smallest absolute Gasteiger partial charge is 0.240 e. The molecule has 1 heterocycles. The Morgan fingerprint density at radius 1 is 1.22 bits per heavy atom. The lowest BCUT2D eigenvalue weighted by atomic mass is 9.96. The first-order valence-corrected chi connectivity index (χ1v) is 9.82. The number of amides is 1. The molecule has 2 aliphatic rings. The minimum Gasteiger partial charge on any atom is -0.309 e. The highest BCUT2D eigenvalue weighted by atomic mass is 32.2. The van der Waals surface area contributed by atoms with Gasteiger partial charge < -0.3 is 4.90 Å². The summed E-state index contributed by atoms with van der Waals surface area (Å²) in [4.78, 5) is 13.8. The van der Waals surface area contributed by atoms with Crippen LogP contribution in [0, 0.1) is 0 Å². The maximum Gasteiger partial charge on any atom is 0.240 e. The third-order valence-corrected chi connectivity index (χ3v) is 6.36. The van der Waals surface area contributed by atoms with Crippen molar-refractivity contribution in [3.05, 3.63) is 23.8 Å². The quantitative estimate of drug-likeness (QED) is 0.922. The number of hydrogen-bond donors (Lipinski definition) is 1. The number of sulfonamides is 1. The highest BCUT2D eigenvalue weighted by Gasteiger charge is 2.30. The summed E-state index contributed by atoms with van der Waals surface area (Å²) in [6.07, 6.45) is 5.89. The van der Waals surface area contributed by atoms with Gasteiger partial charge in [-0.25, -0.2) is 13.1 Å². The highest BCUT2D eigenvalue weighted by Crippen LogP contribution is 2.34. The number of hydrogen-bond acceptors (Lipinski definition) is 3. The summed E-state index contributed by atoms with van der Waals surface area (Å²) < 4.78 is 28.1. The number of nitrogens with one attached hydrogen (secondary N) is 1. The Morgan fingerprint density at radius 2 is 1.91 bits per heavy atom. The van der Waals surface area contributed by atoms with E-state index in [1.54, 1.807) is 30.0 Å². The molecule has 6 heteroatoms.